The van der Waals surface area contributed by atoms with Gasteiger partial charge >= 0.3 is 0 Å². The molecule has 5 rings (SSSR count). The van der Waals surface area contributed by atoms with E-state index in [4.69, 9.17) is 11.6 Å². The third-order valence-corrected chi connectivity index (χ3v) is 7.45. The molecule has 0 saturated carbocycles. The second-order valence-corrected chi connectivity index (χ2v) is 9.75. The molecule has 0 aliphatic carbocycles. The van der Waals surface area contributed by atoms with E-state index in [-0.39, 0.29) is 17.7 Å². The first-order valence-corrected chi connectivity index (χ1v) is 12.7. The third kappa shape index (κ3) is 5.26. The van der Waals surface area contributed by atoms with Gasteiger partial charge in [0.25, 0.3) is 5.91 Å². The van der Waals surface area contributed by atoms with E-state index in [2.05, 4.69) is 4.90 Å². The number of nitrogens with zero attached hydrogens (tertiary/aromatic N) is 3. The molecule has 6 heteroatoms. The van der Waals surface area contributed by atoms with Gasteiger partial charge in [-0.15, -0.1) is 0 Å². The van der Waals surface area contributed by atoms with E-state index in [1.54, 1.807) is 24.3 Å². The second kappa shape index (κ2) is 10.6. The van der Waals surface area contributed by atoms with E-state index in [1.807, 2.05) is 70.5 Å². The Morgan fingerprint density at radius 3 is 1.86 bits per heavy atom. The van der Waals surface area contributed by atoms with Crippen molar-refractivity contribution in [3.63, 3.8) is 0 Å². The maximum atomic E-state index is 13.7. The lowest BCUT2D eigenvalue weighted by molar-refractivity contribution is -0.131. The summed E-state index contributed by atoms with van der Waals surface area (Å²) < 4.78 is 0. The second-order valence-electron chi connectivity index (χ2n) is 9.32. The fraction of sp³-hybridized carbons (Fsp3) is 0.310. The highest BCUT2D eigenvalue weighted by Crippen LogP contribution is 2.29. The fourth-order valence-corrected chi connectivity index (χ4v) is 5.38. The van der Waals surface area contributed by atoms with Gasteiger partial charge in [-0.2, -0.15) is 0 Å². The molecule has 2 aliphatic heterocycles. The van der Waals surface area contributed by atoms with Crippen LogP contribution in [0.15, 0.2) is 84.9 Å². The van der Waals surface area contributed by atoms with E-state index >= 15 is 0 Å². The molecule has 2 heterocycles. The van der Waals surface area contributed by atoms with Crippen LogP contribution in [0.3, 0.4) is 0 Å². The normalized spacial score (nSPS) is 18.7. The molecule has 3 aromatic carbocycles. The van der Waals surface area contributed by atoms with E-state index in [0.717, 1.165) is 43.7 Å². The van der Waals surface area contributed by atoms with Crippen LogP contribution >= 0.6 is 11.6 Å². The van der Waals surface area contributed by atoms with Crippen molar-refractivity contribution in [1.82, 2.24) is 14.7 Å². The van der Waals surface area contributed by atoms with Crippen molar-refractivity contribution in [2.45, 2.75) is 18.4 Å². The number of carbonyl (C=O) groups is 2. The summed E-state index contributed by atoms with van der Waals surface area (Å²) in [5.74, 6) is -0.0652. The number of amides is 2. The first-order chi connectivity index (χ1) is 17.1. The Morgan fingerprint density at radius 1 is 0.714 bits per heavy atom. The van der Waals surface area contributed by atoms with Gasteiger partial charge in [0, 0.05) is 55.9 Å². The summed E-state index contributed by atoms with van der Waals surface area (Å²) in [6.07, 6.45) is 0.965. The van der Waals surface area contributed by atoms with Crippen LogP contribution in [0.4, 0.5) is 0 Å². The summed E-state index contributed by atoms with van der Waals surface area (Å²) in [5.41, 5.74) is 2.73. The molecule has 2 aliphatic rings. The zero-order valence-corrected chi connectivity index (χ0v) is 20.5. The van der Waals surface area contributed by atoms with Crippen molar-refractivity contribution in [2.24, 2.45) is 0 Å². The quantitative estimate of drug-likeness (QED) is 0.531. The van der Waals surface area contributed by atoms with Gasteiger partial charge in [-0.1, -0.05) is 72.3 Å². The van der Waals surface area contributed by atoms with Crippen molar-refractivity contribution in [3.05, 3.63) is 107 Å². The van der Waals surface area contributed by atoms with Crippen LogP contribution in [0.1, 0.15) is 33.8 Å². The predicted octanol–water partition coefficient (Wildman–Crippen LogP) is 4.53. The molecular formula is C29H30ClN3O2. The Balaban J connectivity index is 1.21. The smallest absolute Gasteiger partial charge is 0.253 e. The van der Waals surface area contributed by atoms with E-state index < -0.39 is 0 Å². The maximum absolute atomic E-state index is 13.7. The molecule has 2 saturated heterocycles. The lowest BCUT2D eigenvalue weighted by Gasteiger charge is -2.38. The summed E-state index contributed by atoms with van der Waals surface area (Å²) in [7, 11) is 0. The number of hydrogen-bond donors (Lipinski definition) is 0. The Kier molecular flexibility index (Phi) is 7.16. The standard InChI is InChI=1S/C29H30ClN3O2/c30-25-13-11-24(12-14-25)28(34)32-19-17-31(18-20-32)26-15-16-33(21-26)29(35)27(22-7-3-1-4-8-22)23-9-5-2-6-10-23/h1-14,26-27H,15-21H2. The summed E-state index contributed by atoms with van der Waals surface area (Å²) in [6.45, 7) is 4.55. The van der Waals surface area contributed by atoms with Gasteiger partial charge in [-0.05, 0) is 41.8 Å². The lowest BCUT2D eigenvalue weighted by atomic mass is 9.90. The topological polar surface area (TPSA) is 43.9 Å². The Morgan fingerprint density at radius 2 is 1.29 bits per heavy atom. The van der Waals surface area contributed by atoms with Crippen LogP contribution in [0.2, 0.25) is 5.02 Å². The SMILES string of the molecule is O=C(c1ccc(Cl)cc1)N1CCN(C2CCN(C(=O)C(c3ccccc3)c3ccccc3)C2)CC1. The van der Waals surface area contributed by atoms with Crippen LogP contribution in [0.25, 0.3) is 0 Å². The number of hydrogen-bond acceptors (Lipinski definition) is 3. The molecule has 0 radical (unpaired) electrons. The number of likely N-dealkylation sites (tertiary alicyclic amines) is 1. The van der Waals surface area contributed by atoms with E-state index in [1.165, 1.54) is 0 Å². The molecular weight excluding hydrogens is 458 g/mol. The Hall–Kier alpha value is -3.15. The lowest BCUT2D eigenvalue weighted by Crippen LogP contribution is -2.52. The Bertz CT molecular complexity index is 1110. The van der Waals surface area contributed by atoms with Gasteiger partial charge in [0.1, 0.15) is 0 Å². The minimum atomic E-state index is -0.287. The molecule has 0 N–H and O–H groups in total. The highest BCUT2D eigenvalue weighted by Gasteiger charge is 2.36. The van der Waals surface area contributed by atoms with Crippen LogP contribution < -0.4 is 0 Å². The molecule has 0 bridgehead atoms. The van der Waals surface area contributed by atoms with Crippen molar-refractivity contribution in [3.8, 4) is 0 Å². The largest absolute Gasteiger partial charge is 0.340 e. The molecule has 2 fully saturated rings. The number of piperazine rings is 1. The molecule has 35 heavy (non-hydrogen) atoms. The monoisotopic (exact) mass is 487 g/mol. The third-order valence-electron chi connectivity index (χ3n) is 7.20. The minimum Gasteiger partial charge on any atom is -0.340 e. The predicted molar refractivity (Wildman–Crippen MR) is 139 cm³/mol. The molecule has 180 valence electrons. The van der Waals surface area contributed by atoms with Gasteiger partial charge in [0.05, 0.1) is 5.92 Å². The highest BCUT2D eigenvalue weighted by atomic mass is 35.5. The van der Waals surface area contributed by atoms with Crippen molar-refractivity contribution < 1.29 is 9.59 Å². The first kappa shape index (κ1) is 23.6. The van der Waals surface area contributed by atoms with Gasteiger partial charge < -0.3 is 9.80 Å². The maximum Gasteiger partial charge on any atom is 0.253 e. The summed E-state index contributed by atoms with van der Waals surface area (Å²) in [4.78, 5) is 33.0. The summed E-state index contributed by atoms with van der Waals surface area (Å²) in [5, 5.41) is 0.633. The van der Waals surface area contributed by atoms with Gasteiger partial charge in [-0.25, -0.2) is 0 Å². The van der Waals surface area contributed by atoms with Crippen molar-refractivity contribution >= 4 is 23.4 Å². The number of rotatable bonds is 5. The van der Waals surface area contributed by atoms with Crippen LogP contribution in [0.5, 0.6) is 0 Å². The number of benzene rings is 3. The minimum absolute atomic E-state index is 0.0538. The fourth-order valence-electron chi connectivity index (χ4n) is 5.26. The number of halogens is 1. The molecule has 2 amide bonds. The molecule has 5 nitrogen and oxygen atoms in total. The summed E-state index contributed by atoms with van der Waals surface area (Å²) in [6, 6.07) is 27.5. The van der Waals surface area contributed by atoms with E-state index in [9.17, 15) is 9.59 Å². The van der Waals surface area contributed by atoms with Gasteiger partial charge in [0.15, 0.2) is 0 Å². The van der Waals surface area contributed by atoms with Crippen LogP contribution in [-0.4, -0.2) is 71.8 Å². The first-order valence-electron chi connectivity index (χ1n) is 12.3. The van der Waals surface area contributed by atoms with Gasteiger partial charge in [0.2, 0.25) is 5.91 Å². The summed E-state index contributed by atoms with van der Waals surface area (Å²) >= 11 is 5.96. The van der Waals surface area contributed by atoms with Crippen molar-refractivity contribution in [2.75, 3.05) is 39.3 Å². The average Bonchev–Trinajstić information content (AvgIpc) is 3.41. The highest BCUT2D eigenvalue weighted by molar-refractivity contribution is 6.30. The average molecular weight is 488 g/mol. The zero-order chi connectivity index (χ0) is 24.2. The Labute approximate surface area is 211 Å². The molecule has 1 unspecified atom stereocenters. The number of carbonyl (C=O) groups excluding carboxylic acids is 2. The van der Waals surface area contributed by atoms with Crippen LogP contribution in [-0.2, 0) is 4.79 Å². The van der Waals surface area contributed by atoms with Crippen molar-refractivity contribution in [1.29, 1.82) is 0 Å². The zero-order valence-electron chi connectivity index (χ0n) is 19.7. The molecule has 0 spiro atoms. The molecule has 0 aromatic heterocycles. The molecule has 1 atom stereocenters. The van der Waals surface area contributed by atoms with Crippen LogP contribution in [0, 0.1) is 0 Å². The van der Waals surface area contributed by atoms with E-state index in [0.29, 0.717) is 29.7 Å². The molecule has 3 aromatic rings. The van der Waals surface area contributed by atoms with Gasteiger partial charge in [-0.3, -0.25) is 14.5 Å².